The Morgan fingerprint density at radius 3 is 2.35 bits per heavy atom. The van der Waals surface area contributed by atoms with Gasteiger partial charge in [-0.15, -0.1) is 0 Å². The van der Waals surface area contributed by atoms with Crippen molar-refractivity contribution in [2.45, 2.75) is 69.7 Å². The second kappa shape index (κ2) is 21.4. The topological polar surface area (TPSA) is 179 Å². The number of carbonyl (C=O) groups excluding carboxylic acids is 2. The van der Waals surface area contributed by atoms with Crippen LogP contribution < -0.4 is 46.4 Å². The fourth-order valence-corrected chi connectivity index (χ4v) is 11.4. The Labute approximate surface area is 401 Å². The molecule has 5 heterocycles. The minimum atomic E-state index is -2.81. The summed E-state index contributed by atoms with van der Waals surface area (Å²) in [4.78, 5) is 46.2. The molecule has 3 aliphatic rings. The van der Waals surface area contributed by atoms with E-state index in [0.29, 0.717) is 81.6 Å². The number of nitrogens with one attached hydrogen (secondary N) is 5. The zero-order valence-corrected chi connectivity index (χ0v) is 40.8. The third kappa shape index (κ3) is 11.0. The highest BCUT2D eigenvalue weighted by atomic mass is 35.5. The van der Waals surface area contributed by atoms with Crippen molar-refractivity contribution in [3.63, 3.8) is 0 Å². The summed E-state index contributed by atoms with van der Waals surface area (Å²) in [7, 11) is -1.16. The predicted octanol–water partition coefficient (Wildman–Crippen LogP) is 7.46. The van der Waals surface area contributed by atoms with Crippen molar-refractivity contribution < 1.29 is 27.7 Å². The lowest BCUT2D eigenvalue weighted by Gasteiger charge is -2.36. The van der Waals surface area contributed by atoms with Gasteiger partial charge in [0.25, 0.3) is 0 Å². The van der Waals surface area contributed by atoms with E-state index in [2.05, 4.69) is 65.5 Å². The number of ether oxygens (including phenoxy) is 1. The summed E-state index contributed by atoms with van der Waals surface area (Å²) < 4.78 is 50.2. The van der Waals surface area contributed by atoms with Gasteiger partial charge in [-0.1, -0.05) is 18.5 Å². The average Bonchev–Trinajstić information content (AvgIpc) is 3.33. The van der Waals surface area contributed by atoms with Crippen LogP contribution >= 0.6 is 18.7 Å². The van der Waals surface area contributed by atoms with Crippen molar-refractivity contribution in [1.29, 1.82) is 0 Å². The van der Waals surface area contributed by atoms with Gasteiger partial charge in [0.2, 0.25) is 11.9 Å². The highest BCUT2D eigenvalue weighted by Crippen LogP contribution is 2.42. The van der Waals surface area contributed by atoms with E-state index in [4.69, 9.17) is 21.3 Å². The number of amides is 1. The first-order chi connectivity index (χ1) is 32.8. The maximum Gasteiger partial charge on any atom is 0.229 e. The van der Waals surface area contributed by atoms with Crippen LogP contribution in [-0.2, 0) is 26.0 Å². The van der Waals surface area contributed by atoms with E-state index in [1.165, 1.54) is 23.9 Å². The third-order valence-electron chi connectivity index (χ3n) is 13.6. The first-order valence-corrected chi connectivity index (χ1v) is 26.5. The third-order valence-corrected chi connectivity index (χ3v) is 15.4. The number of aromatic nitrogens is 4. The summed E-state index contributed by atoms with van der Waals surface area (Å²) in [5.41, 5.74) is 3.68. The molecule has 3 saturated heterocycles. The molecule has 1 unspecified atom stereocenters. The first kappa shape index (κ1) is 49.0. The number of fused-ring (bicyclic) bond motifs is 1. The van der Waals surface area contributed by atoms with Crippen molar-refractivity contribution in [3.05, 3.63) is 82.8 Å². The molecule has 0 bridgehead atoms. The maximum atomic E-state index is 15.4. The van der Waals surface area contributed by atoms with Crippen molar-refractivity contribution in [3.8, 4) is 5.75 Å². The lowest BCUT2D eigenvalue weighted by molar-refractivity contribution is -0.125. The number of benzene rings is 3. The van der Waals surface area contributed by atoms with E-state index in [9.17, 15) is 14.2 Å². The number of aldehydes is 1. The molecule has 3 fully saturated rings. The number of hydrogen-bond donors (Lipinski definition) is 5. The van der Waals surface area contributed by atoms with Gasteiger partial charge >= 0.3 is 0 Å². The standard InChI is InChI=1S/C49H61ClF2N11O4P/c1-5-32-24-40(60-48-57-28-35(50)47(61-48)59-39-7-6-38-45(56-19-18-55-38)46(39)68(3,4)66)42(67-2)27-41(32)63-22-12-33(13-23-63)54-17-16-53-15-9-31-10-20-62(21-11-31)34-25-36(51)44(37(52)26-34)49(30-64)14-8-43(65)58-29-49/h6-7,18-19,24-28,30-31,33,53-54H,5,8-17,20-23,29H2,1-4H3,(H,58,65)(H2,57,59,60,61). The van der Waals surface area contributed by atoms with E-state index in [1.54, 1.807) is 32.8 Å². The molecule has 19 heteroatoms. The van der Waals surface area contributed by atoms with Gasteiger partial charge in [0.05, 0.1) is 40.9 Å². The van der Waals surface area contributed by atoms with Gasteiger partial charge in [-0.25, -0.2) is 13.8 Å². The number of hydrogen-bond acceptors (Lipinski definition) is 14. The summed E-state index contributed by atoms with van der Waals surface area (Å²) >= 11 is 6.60. The lowest BCUT2D eigenvalue weighted by Crippen LogP contribution is -2.48. The number of nitrogens with zero attached hydrogens (tertiary/aromatic N) is 6. The summed E-state index contributed by atoms with van der Waals surface area (Å²) in [5, 5.41) is 17.4. The molecule has 8 rings (SSSR count). The molecule has 1 atom stereocenters. The molecule has 2 aromatic heterocycles. The highest BCUT2D eigenvalue weighted by molar-refractivity contribution is 7.71. The Bertz CT molecular complexity index is 2640. The van der Waals surface area contributed by atoms with Crippen LogP contribution in [0.25, 0.3) is 11.0 Å². The fraction of sp³-hybridized carbons (Fsp3) is 0.469. The van der Waals surface area contributed by atoms with Gasteiger partial charge < -0.3 is 50.5 Å². The lowest BCUT2D eigenvalue weighted by atomic mass is 9.75. The van der Waals surface area contributed by atoms with Crippen molar-refractivity contribution in [2.75, 3.05) is 93.2 Å². The van der Waals surface area contributed by atoms with Crippen LogP contribution in [0.4, 0.5) is 43.3 Å². The van der Waals surface area contributed by atoms with Crippen LogP contribution in [0.5, 0.6) is 5.75 Å². The Balaban J connectivity index is 0.782. The Morgan fingerprint density at radius 2 is 1.68 bits per heavy atom. The smallest absolute Gasteiger partial charge is 0.229 e. The number of halogens is 3. The minimum Gasteiger partial charge on any atom is -0.494 e. The normalized spacial score (nSPS) is 18.4. The number of anilines is 6. The van der Waals surface area contributed by atoms with Gasteiger partial charge in [0, 0.05) is 93.7 Å². The van der Waals surface area contributed by atoms with E-state index >= 15 is 8.78 Å². The molecule has 0 aliphatic carbocycles. The summed E-state index contributed by atoms with van der Waals surface area (Å²) in [5.74, 6) is 0.142. The van der Waals surface area contributed by atoms with Gasteiger partial charge in [-0.3, -0.25) is 14.8 Å². The summed E-state index contributed by atoms with van der Waals surface area (Å²) in [6.45, 7) is 11.3. The van der Waals surface area contributed by atoms with E-state index in [0.717, 1.165) is 82.6 Å². The fourth-order valence-electron chi connectivity index (χ4n) is 9.85. The number of methoxy groups -OCH3 is 1. The molecular weight excluding hydrogens is 911 g/mol. The van der Waals surface area contributed by atoms with Gasteiger partial charge in [0.15, 0.2) is 5.82 Å². The van der Waals surface area contributed by atoms with Gasteiger partial charge in [0.1, 0.15) is 41.4 Å². The number of rotatable bonds is 18. The molecular formula is C49H61ClF2N11O4P. The molecule has 0 saturated carbocycles. The quantitative estimate of drug-likeness (QED) is 0.0332. The molecule has 5 aromatic rings. The molecule has 68 heavy (non-hydrogen) atoms. The second-order valence-corrected chi connectivity index (χ2v) is 22.0. The van der Waals surface area contributed by atoms with Crippen LogP contribution in [0.2, 0.25) is 5.02 Å². The Hall–Kier alpha value is -5.48. The van der Waals surface area contributed by atoms with Crippen LogP contribution in [-0.4, -0.2) is 111 Å². The SMILES string of the molecule is CCc1cc(Nc2ncc(Cl)c(Nc3ccc4nccnc4c3P(C)(C)=O)n2)c(OC)cc1N1CCC(NCCNCCC2CCN(c3cc(F)c(C4(C=O)CCC(=O)NC4)c(F)c3)CC2)CC1. The zero-order valence-electron chi connectivity index (χ0n) is 39.1. The molecule has 1 amide bonds. The van der Waals surface area contributed by atoms with Crippen molar-refractivity contribution >= 4 is 81.8 Å². The monoisotopic (exact) mass is 971 g/mol. The number of piperidine rings is 3. The number of carbonyl (C=O) groups is 2. The molecule has 15 nitrogen and oxygen atoms in total. The summed E-state index contributed by atoms with van der Waals surface area (Å²) in [6.07, 6.45) is 11.2. The molecule has 362 valence electrons. The van der Waals surface area contributed by atoms with Crippen LogP contribution in [0.3, 0.4) is 0 Å². The molecule has 0 radical (unpaired) electrons. The Kier molecular flexibility index (Phi) is 15.4. The molecule has 0 spiro atoms. The van der Waals surface area contributed by atoms with Crippen LogP contribution in [0, 0.1) is 17.6 Å². The van der Waals surface area contributed by atoms with Gasteiger partial charge in [-0.05, 0) is 107 Å². The minimum absolute atomic E-state index is 0.0530. The van der Waals surface area contributed by atoms with Crippen molar-refractivity contribution in [1.82, 2.24) is 35.9 Å². The second-order valence-electron chi connectivity index (χ2n) is 18.4. The Morgan fingerprint density at radius 1 is 0.941 bits per heavy atom. The number of aryl methyl sites for hydroxylation is 1. The average molecular weight is 973 g/mol. The molecule has 3 aromatic carbocycles. The van der Waals surface area contributed by atoms with E-state index < -0.39 is 24.2 Å². The largest absolute Gasteiger partial charge is 0.494 e. The predicted molar refractivity (Wildman–Crippen MR) is 267 cm³/mol. The van der Waals surface area contributed by atoms with Crippen LogP contribution in [0.1, 0.15) is 63.0 Å². The summed E-state index contributed by atoms with van der Waals surface area (Å²) in [6, 6.07) is 10.9. The van der Waals surface area contributed by atoms with Crippen molar-refractivity contribution in [2.24, 2.45) is 5.92 Å². The molecule has 3 aliphatic heterocycles. The van der Waals surface area contributed by atoms with E-state index in [1.807, 2.05) is 17.0 Å². The van der Waals surface area contributed by atoms with E-state index in [-0.39, 0.29) is 30.9 Å². The van der Waals surface area contributed by atoms with Gasteiger partial charge in [-0.2, -0.15) is 4.98 Å². The molecule has 5 N–H and O–H groups in total. The van der Waals surface area contributed by atoms with Crippen LogP contribution in [0.15, 0.2) is 55.0 Å². The highest BCUT2D eigenvalue weighted by Gasteiger charge is 2.41. The zero-order chi connectivity index (χ0) is 48.0. The maximum absolute atomic E-state index is 15.4. The first-order valence-electron chi connectivity index (χ1n) is 23.5.